The molecule has 1 amide bonds. The first kappa shape index (κ1) is 20.2. The van der Waals surface area contributed by atoms with Gasteiger partial charge in [0.1, 0.15) is 0 Å². The van der Waals surface area contributed by atoms with Crippen molar-refractivity contribution < 1.29 is 9.53 Å². The van der Waals surface area contributed by atoms with Crippen LogP contribution in [0, 0.1) is 5.92 Å². The quantitative estimate of drug-likeness (QED) is 0.718. The van der Waals surface area contributed by atoms with Crippen molar-refractivity contribution in [2.24, 2.45) is 5.92 Å². The molecule has 29 heavy (non-hydrogen) atoms. The Morgan fingerprint density at radius 3 is 2.76 bits per heavy atom. The maximum atomic E-state index is 12.7. The molecule has 0 bridgehead atoms. The van der Waals surface area contributed by atoms with E-state index in [1.807, 2.05) is 24.1 Å². The first-order chi connectivity index (χ1) is 14.0. The van der Waals surface area contributed by atoms with Crippen LogP contribution in [-0.2, 0) is 11.2 Å². The van der Waals surface area contributed by atoms with E-state index in [0.717, 1.165) is 45.7 Å². The van der Waals surface area contributed by atoms with Gasteiger partial charge in [-0.15, -0.1) is 0 Å². The van der Waals surface area contributed by atoms with Crippen LogP contribution in [0.15, 0.2) is 42.5 Å². The van der Waals surface area contributed by atoms with Crippen LogP contribution in [0.2, 0.25) is 5.02 Å². The number of fused-ring (bicyclic) bond motifs is 1. The molecule has 2 aromatic rings. The van der Waals surface area contributed by atoms with E-state index in [9.17, 15) is 4.79 Å². The number of hydrogen-bond acceptors (Lipinski definition) is 3. The average molecular weight is 413 g/mol. The minimum absolute atomic E-state index is 0.0287. The molecule has 0 radical (unpaired) electrons. The number of carbonyl (C=O) groups is 1. The molecule has 2 unspecified atom stereocenters. The molecule has 154 valence electrons. The highest BCUT2D eigenvalue weighted by Crippen LogP contribution is 2.41. The number of anilines is 1. The largest absolute Gasteiger partial charge is 0.378 e. The van der Waals surface area contributed by atoms with E-state index in [1.54, 1.807) is 12.1 Å². The number of amides is 1. The molecular weight excluding hydrogens is 384 g/mol. The van der Waals surface area contributed by atoms with Crippen LogP contribution in [0.3, 0.4) is 0 Å². The molecule has 2 aliphatic rings. The number of morpholine rings is 1. The molecule has 0 spiro atoms. The van der Waals surface area contributed by atoms with Gasteiger partial charge in [-0.05, 0) is 66.1 Å². The van der Waals surface area contributed by atoms with E-state index in [-0.39, 0.29) is 5.91 Å². The summed E-state index contributed by atoms with van der Waals surface area (Å²) in [5.41, 5.74) is 4.89. The fourth-order valence-electron chi connectivity index (χ4n) is 4.66. The molecule has 1 heterocycles. The van der Waals surface area contributed by atoms with Crippen LogP contribution in [0.4, 0.5) is 5.69 Å². The van der Waals surface area contributed by atoms with E-state index in [4.69, 9.17) is 16.3 Å². The summed E-state index contributed by atoms with van der Waals surface area (Å²) >= 11 is 6.04. The van der Waals surface area contributed by atoms with Crippen molar-refractivity contribution in [1.82, 2.24) is 4.90 Å². The number of rotatable bonds is 5. The van der Waals surface area contributed by atoms with Gasteiger partial charge in [-0.25, -0.2) is 0 Å². The minimum Gasteiger partial charge on any atom is -0.378 e. The van der Waals surface area contributed by atoms with Crippen LogP contribution in [-0.4, -0.2) is 50.7 Å². The number of halogens is 1. The number of ether oxygens (including phenoxy) is 1. The van der Waals surface area contributed by atoms with Gasteiger partial charge in [0.2, 0.25) is 0 Å². The van der Waals surface area contributed by atoms with E-state index >= 15 is 0 Å². The second-order valence-electron chi connectivity index (χ2n) is 8.30. The maximum absolute atomic E-state index is 12.7. The Balaban J connectivity index is 1.41. The SMILES string of the molecule is CC1Cc2cc(N3CCOCC3)ccc2C1CCN(C)C(=O)c1cccc(Cl)c1. The van der Waals surface area contributed by atoms with Crippen molar-refractivity contribution in [1.29, 1.82) is 0 Å². The standard InChI is InChI=1S/C24H29ClN2O2/c1-17-14-19-16-21(27-10-12-29-13-11-27)6-7-23(19)22(17)8-9-26(2)24(28)18-4-3-5-20(25)15-18/h3-7,15-17,22H,8-14H2,1-2H3. The van der Waals surface area contributed by atoms with Gasteiger partial charge < -0.3 is 14.5 Å². The molecule has 5 heteroatoms. The topological polar surface area (TPSA) is 32.8 Å². The summed E-state index contributed by atoms with van der Waals surface area (Å²) in [6.45, 7) is 6.62. The molecule has 4 rings (SSSR count). The normalized spacial score (nSPS) is 21.1. The fourth-order valence-corrected chi connectivity index (χ4v) is 4.85. The summed E-state index contributed by atoms with van der Waals surface area (Å²) in [4.78, 5) is 16.9. The third kappa shape index (κ3) is 4.44. The van der Waals surface area contributed by atoms with Crippen molar-refractivity contribution in [3.05, 3.63) is 64.2 Å². The second kappa shape index (κ2) is 8.76. The molecule has 0 aromatic heterocycles. The van der Waals surface area contributed by atoms with Gasteiger partial charge >= 0.3 is 0 Å². The highest BCUT2D eigenvalue weighted by atomic mass is 35.5. The predicted molar refractivity (Wildman–Crippen MR) is 118 cm³/mol. The van der Waals surface area contributed by atoms with Crippen molar-refractivity contribution in [3.8, 4) is 0 Å². The van der Waals surface area contributed by atoms with Crippen molar-refractivity contribution >= 4 is 23.2 Å². The summed E-state index contributed by atoms with van der Waals surface area (Å²) in [7, 11) is 1.88. The lowest BCUT2D eigenvalue weighted by atomic mass is 9.90. The Bertz CT molecular complexity index is 879. The first-order valence-corrected chi connectivity index (χ1v) is 10.9. The molecule has 0 N–H and O–H groups in total. The summed E-state index contributed by atoms with van der Waals surface area (Å²) < 4.78 is 5.48. The van der Waals surface area contributed by atoms with E-state index < -0.39 is 0 Å². The van der Waals surface area contributed by atoms with Crippen LogP contribution in [0.5, 0.6) is 0 Å². The molecule has 2 atom stereocenters. The Morgan fingerprint density at radius 1 is 1.21 bits per heavy atom. The van der Waals surface area contributed by atoms with Gasteiger partial charge in [-0.3, -0.25) is 4.79 Å². The lowest BCUT2D eigenvalue weighted by molar-refractivity contribution is 0.0789. The zero-order valence-electron chi connectivity index (χ0n) is 17.2. The number of carbonyl (C=O) groups excluding carboxylic acids is 1. The van der Waals surface area contributed by atoms with E-state index in [1.165, 1.54) is 16.8 Å². The van der Waals surface area contributed by atoms with Gasteiger partial charge in [0.15, 0.2) is 0 Å². The van der Waals surface area contributed by atoms with Gasteiger partial charge in [0.05, 0.1) is 13.2 Å². The zero-order chi connectivity index (χ0) is 20.4. The van der Waals surface area contributed by atoms with E-state index in [2.05, 4.69) is 30.0 Å². The van der Waals surface area contributed by atoms with Crippen molar-refractivity contribution in [2.75, 3.05) is 44.8 Å². The molecule has 2 aromatic carbocycles. The average Bonchev–Trinajstić information content (AvgIpc) is 3.06. The lowest BCUT2D eigenvalue weighted by Gasteiger charge is -2.29. The highest BCUT2D eigenvalue weighted by molar-refractivity contribution is 6.30. The molecule has 1 aliphatic carbocycles. The Labute approximate surface area is 178 Å². The predicted octanol–water partition coefficient (Wildman–Crippen LogP) is 4.61. The summed E-state index contributed by atoms with van der Waals surface area (Å²) in [5, 5.41) is 0.596. The Morgan fingerprint density at radius 2 is 2.00 bits per heavy atom. The van der Waals surface area contributed by atoms with Crippen LogP contribution in [0.25, 0.3) is 0 Å². The molecule has 0 saturated carbocycles. The number of benzene rings is 2. The van der Waals surface area contributed by atoms with E-state index in [0.29, 0.717) is 22.4 Å². The Hall–Kier alpha value is -2.04. The van der Waals surface area contributed by atoms with Crippen molar-refractivity contribution in [3.63, 3.8) is 0 Å². The molecule has 1 fully saturated rings. The lowest BCUT2D eigenvalue weighted by Crippen LogP contribution is -2.36. The van der Waals surface area contributed by atoms with Gasteiger partial charge in [0, 0.05) is 43.0 Å². The summed E-state index contributed by atoms with van der Waals surface area (Å²) in [5.74, 6) is 1.12. The number of hydrogen-bond donors (Lipinski definition) is 0. The second-order valence-corrected chi connectivity index (χ2v) is 8.73. The zero-order valence-corrected chi connectivity index (χ0v) is 18.0. The van der Waals surface area contributed by atoms with Crippen LogP contribution >= 0.6 is 11.6 Å². The summed E-state index contributed by atoms with van der Waals surface area (Å²) in [6.07, 6.45) is 2.10. The molecule has 4 nitrogen and oxygen atoms in total. The number of nitrogens with zero attached hydrogens (tertiary/aromatic N) is 2. The maximum Gasteiger partial charge on any atom is 0.253 e. The third-order valence-electron chi connectivity index (χ3n) is 6.32. The molecule has 1 saturated heterocycles. The van der Waals surface area contributed by atoms with Gasteiger partial charge in [-0.1, -0.05) is 30.7 Å². The Kier molecular flexibility index (Phi) is 6.12. The van der Waals surface area contributed by atoms with Crippen LogP contribution < -0.4 is 4.90 Å². The van der Waals surface area contributed by atoms with Gasteiger partial charge in [0.25, 0.3) is 5.91 Å². The smallest absolute Gasteiger partial charge is 0.253 e. The molecule has 1 aliphatic heterocycles. The van der Waals surface area contributed by atoms with Crippen LogP contribution in [0.1, 0.15) is 40.7 Å². The fraction of sp³-hybridized carbons (Fsp3) is 0.458. The van der Waals surface area contributed by atoms with Gasteiger partial charge in [-0.2, -0.15) is 0 Å². The third-order valence-corrected chi connectivity index (χ3v) is 6.56. The van der Waals surface area contributed by atoms with Crippen molar-refractivity contribution in [2.45, 2.75) is 25.7 Å². The molecular formula is C24H29ClN2O2. The monoisotopic (exact) mass is 412 g/mol. The highest BCUT2D eigenvalue weighted by Gasteiger charge is 2.30. The first-order valence-electron chi connectivity index (χ1n) is 10.5. The summed E-state index contributed by atoms with van der Waals surface area (Å²) in [6, 6.07) is 14.1. The minimum atomic E-state index is 0.0287.